The summed E-state index contributed by atoms with van der Waals surface area (Å²) in [6.07, 6.45) is 8.76. The Labute approximate surface area is 152 Å². The van der Waals surface area contributed by atoms with Crippen molar-refractivity contribution in [2.45, 2.75) is 57.0 Å². The van der Waals surface area contributed by atoms with Crippen molar-refractivity contribution in [3.8, 4) is 0 Å². The molecule has 0 amide bonds. The molecule has 0 aromatic heterocycles. The van der Waals surface area contributed by atoms with Crippen LogP contribution in [-0.4, -0.2) is 53.7 Å². The third kappa shape index (κ3) is 4.93. The number of hydrogen-bond acceptors (Lipinski definition) is 2. The Balaban J connectivity index is 1.61. The van der Waals surface area contributed by atoms with Crippen LogP contribution in [0.15, 0.2) is 30.3 Å². The lowest BCUT2D eigenvalue weighted by molar-refractivity contribution is 0.175. The monoisotopic (exact) mass is 345 g/mol. The molecule has 1 saturated carbocycles. The summed E-state index contributed by atoms with van der Waals surface area (Å²) in [4.78, 5) is 4.92. The fourth-order valence-electron chi connectivity index (χ4n) is 3.98. The maximum absolute atomic E-state index is 5.84. The molecule has 3 nitrogen and oxygen atoms in total. The van der Waals surface area contributed by atoms with Crippen molar-refractivity contribution >= 4 is 17.3 Å². The van der Waals surface area contributed by atoms with E-state index in [0.717, 1.165) is 18.1 Å². The number of hydrogen-bond donors (Lipinski definition) is 1. The van der Waals surface area contributed by atoms with E-state index in [4.69, 9.17) is 12.2 Å². The third-order valence-electron chi connectivity index (χ3n) is 5.56. The number of rotatable bonds is 5. The maximum atomic E-state index is 5.84. The minimum absolute atomic E-state index is 0.589. The zero-order valence-electron chi connectivity index (χ0n) is 14.9. The lowest BCUT2D eigenvalue weighted by Crippen LogP contribution is -2.52. The van der Waals surface area contributed by atoms with Crippen LogP contribution in [0.3, 0.4) is 0 Å². The van der Waals surface area contributed by atoms with Crippen LogP contribution < -0.4 is 5.32 Å². The Bertz CT molecular complexity index is 505. The van der Waals surface area contributed by atoms with E-state index in [1.165, 1.54) is 57.2 Å². The summed E-state index contributed by atoms with van der Waals surface area (Å²) in [6, 6.07) is 12.0. The quantitative estimate of drug-likeness (QED) is 0.824. The van der Waals surface area contributed by atoms with E-state index >= 15 is 0 Å². The predicted molar refractivity (Wildman–Crippen MR) is 105 cm³/mol. The van der Waals surface area contributed by atoms with Crippen LogP contribution in [-0.2, 0) is 6.42 Å². The lowest BCUT2D eigenvalue weighted by atomic mass is 10.0. The second kappa shape index (κ2) is 8.82. The molecule has 0 bridgehead atoms. The summed E-state index contributed by atoms with van der Waals surface area (Å²) in [5.74, 6) is 0. The smallest absolute Gasteiger partial charge is 0.169 e. The van der Waals surface area contributed by atoms with Gasteiger partial charge in [0.1, 0.15) is 0 Å². The number of piperidine rings is 1. The number of benzene rings is 1. The molecule has 0 atom stereocenters. The van der Waals surface area contributed by atoms with Crippen molar-refractivity contribution in [1.29, 1.82) is 0 Å². The van der Waals surface area contributed by atoms with Gasteiger partial charge in [-0.3, -0.25) is 0 Å². The van der Waals surface area contributed by atoms with Gasteiger partial charge in [-0.15, -0.1) is 0 Å². The first-order valence-corrected chi connectivity index (χ1v) is 9.93. The van der Waals surface area contributed by atoms with Crippen molar-refractivity contribution in [2.75, 3.05) is 26.7 Å². The average molecular weight is 346 g/mol. The number of thiocarbonyl (C=S) groups is 1. The van der Waals surface area contributed by atoms with Crippen LogP contribution in [0, 0.1) is 0 Å². The molecule has 0 unspecified atom stereocenters. The first-order chi connectivity index (χ1) is 11.7. The van der Waals surface area contributed by atoms with Gasteiger partial charge in [0.05, 0.1) is 0 Å². The fraction of sp³-hybridized carbons (Fsp3) is 0.650. The van der Waals surface area contributed by atoms with Crippen LogP contribution in [0.5, 0.6) is 0 Å². The molecular weight excluding hydrogens is 314 g/mol. The molecule has 1 N–H and O–H groups in total. The van der Waals surface area contributed by atoms with Crippen molar-refractivity contribution in [3.05, 3.63) is 35.9 Å². The second-order valence-electron chi connectivity index (χ2n) is 7.39. The molecule has 0 spiro atoms. The van der Waals surface area contributed by atoms with E-state index in [0.29, 0.717) is 12.1 Å². The predicted octanol–water partition coefficient (Wildman–Crippen LogP) is 3.44. The van der Waals surface area contributed by atoms with Gasteiger partial charge in [0.15, 0.2) is 5.11 Å². The van der Waals surface area contributed by atoms with Gasteiger partial charge in [0, 0.05) is 18.6 Å². The van der Waals surface area contributed by atoms with E-state index in [1.54, 1.807) is 0 Å². The van der Waals surface area contributed by atoms with Crippen molar-refractivity contribution in [3.63, 3.8) is 0 Å². The SMILES string of the molecule is CN1CCC(N(CCc2ccccc2)C(=S)NC2CCCC2)CC1. The second-order valence-corrected chi connectivity index (χ2v) is 7.78. The molecule has 0 radical (unpaired) electrons. The Morgan fingerprint density at radius 1 is 1.12 bits per heavy atom. The van der Waals surface area contributed by atoms with E-state index in [-0.39, 0.29) is 0 Å². The summed E-state index contributed by atoms with van der Waals surface area (Å²) >= 11 is 5.84. The van der Waals surface area contributed by atoms with Gasteiger partial charge in [-0.25, -0.2) is 0 Å². The van der Waals surface area contributed by atoms with Crippen molar-refractivity contribution in [2.24, 2.45) is 0 Å². The van der Waals surface area contributed by atoms with Gasteiger partial charge in [-0.2, -0.15) is 0 Å². The van der Waals surface area contributed by atoms with Gasteiger partial charge >= 0.3 is 0 Å². The molecule has 1 aromatic carbocycles. The standard InChI is InChI=1S/C20H31N3S/c1-22-14-12-19(13-15-22)23(16-11-17-7-3-2-4-8-17)20(24)21-18-9-5-6-10-18/h2-4,7-8,18-19H,5-6,9-16H2,1H3,(H,21,24). The number of likely N-dealkylation sites (tertiary alicyclic amines) is 1. The largest absolute Gasteiger partial charge is 0.360 e. The lowest BCUT2D eigenvalue weighted by Gasteiger charge is -2.39. The minimum atomic E-state index is 0.589. The minimum Gasteiger partial charge on any atom is -0.360 e. The average Bonchev–Trinajstić information content (AvgIpc) is 3.10. The maximum Gasteiger partial charge on any atom is 0.169 e. The van der Waals surface area contributed by atoms with Crippen molar-refractivity contribution < 1.29 is 0 Å². The van der Waals surface area contributed by atoms with E-state index in [9.17, 15) is 0 Å². The van der Waals surface area contributed by atoms with Gasteiger partial charge < -0.3 is 15.1 Å². The molecule has 4 heteroatoms. The van der Waals surface area contributed by atoms with Crippen LogP contribution >= 0.6 is 12.2 Å². The molecular formula is C20H31N3S. The fourth-order valence-corrected chi connectivity index (χ4v) is 4.39. The molecule has 1 saturated heterocycles. The van der Waals surface area contributed by atoms with E-state index in [2.05, 4.69) is 52.5 Å². The van der Waals surface area contributed by atoms with Crippen LogP contribution in [0.4, 0.5) is 0 Å². The Hall–Kier alpha value is -1.13. The van der Waals surface area contributed by atoms with Crippen LogP contribution in [0.2, 0.25) is 0 Å². The zero-order valence-corrected chi connectivity index (χ0v) is 15.7. The molecule has 132 valence electrons. The third-order valence-corrected chi connectivity index (χ3v) is 5.91. The normalized spacial score (nSPS) is 20.2. The highest BCUT2D eigenvalue weighted by molar-refractivity contribution is 7.80. The van der Waals surface area contributed by atoms with E-state index in [1.807, 2.05) is 0 Å². The van der Waals surface area contributed by atoms with Gasteiger partial charge in [-0.1, -0.05) is 43.2 Å². The molecule has 3 rings (SSSR count). The first kappa shape index (κ1) is 17.7. The molecule has 1 aromatic rings. The topological polar surface area (TPSA) is 18.5 Å². The Kier molecular flexibility index (Phi) is 6.50. The Morgan fingerprint density at radius 3 is 2.46 bits per heavy atom. The summed E-state index contributed by atoms with van der Waals surface area (Å²) in [7, 11) is 2.22. The van der Waals surface area contributed by atoms with Gasteiger partial charge in [-0.05, 0) is 70.0 Å². The highest BCUT2D eigenvalue weighted by Gasteiger charge is 2.26. The molecule has 1 aliphatic carbocycles. The summed E-state index contributed by atoms with van der Waals surface area (Å²) in [5, 5.41) is 4.66. The highest BCUT2D eigenvalue weighted by atomic mass is 32.1. The van der Waals surface area contributed by atoms with E-state index < -0.39 is 0 Å². The summed E-state index contributed by atoms with van der Waals surface area (Å²) in [6.45, 7) is 3.38. The molecule has 1 heterocycles. The van der Waals surface area contributed by atoms with Crippen molar-refractivity contribution in [1.82, 2.24) is 15.1 Å². The molecule has 2 fully saturated rings. The number of nitrogens with one attached hydrogen (secondary N) is 1. The van der Waals surface area contributed by atoms with Gasteiger partial charge in [0.25, 0.3) is 0 Å². The summed E-state index contributed by atoms with van der Waals surface area (Å²) in [5.41, 5.74) is 1.40. The van der Waals surface area contributed by atoms with Crippen LogP contribution in [0.25, 0.3) is 0 Å². The Morgan fingerprint density at radius 2 is 1.79 bits per heavy atom. The molecule has 2 aliphatic rings. The zero-order chi connectivity index (χ0) is 16.8. The number of nitrogens with zero attached hydrogens (tertiary/aromatic N) is 2. The first-order valence-electron chi connectivity index (χ1n) is 9.52. The molecule has 24 heavy (non-hydrogen) atoms. The molecule has 1 aliphatic heterocycles. The van der Waals surface area contributed by atoms with Crippen LogP contribution in [0.1, 0.15) is 44.1 Å². The summed E-state index contributed by atoms with van der Waals surface area (Å²) < 4.78 is 0. The van der Waals surface area contributed by atoms with Gasteiger partial charge in [0.2, 0.25) is 0 Å². The highest BCUT2D eigenvalue weighted by Crippen LogP contribution is 2.20.